The van der Waals surface area contributed by atoms with Crippen molar-refractivity contribution in [3.63, 3.8) is 0 Å². The Balaban J connectivity index is 1.22. The van der Waals surface area contributed by atoms with Crippen molar-refractivity contribution >= 4 is 32.8 Å². The van der Waals surface area contributed by atoms with Gasteiger partial charge in [0.1, 0.15) is 17.3 Å². The van der Waals surface area contributed by atoms with E-state index < -0.39 is 0 Å². The molecule has 0 aliphatic heterocycles. The molecule has 0 bridgehead atoms. The van der Waals surface area contributed by atoms with Gasteiger partial charge in [-0.2, -0.15) is 0 Å². The number of nitrogens with zero attached hydrogens (tertiary/aromatic N) is 4. The molecule has 8 rings (SSSR count). The fourth-order valence-corrected chi connectivity index (χ4v) is 5.75. The number of hydrogen-bond acceptors (Lipinski definition) is 2. The standard InChI is InChI=1S/C37H26N4O/c1-26-20-21-38-37(22-26)41-33-15-6-5-14-31(33)32-19-18-30(24-36(32)41)42-29-13-9-12-28(23-29)40-25-39(27-10-3-2-4-11-27)34-16-7-8-17-35(34)40/h2-24H,1H3. The van der Waals surface area contributed by atoms with Crippen molar-refractivity contribution < 1.29 is 9.30 Å². The van der Waals surface area contributed by atoms with Gasteiger partial charge in [0, 0.05) is 23.0 Å². The summed E-state index contributed by atoms with van der Waals surface area (Å²) in [7, 11) is 0. The summed E-state index contributed by atoms with van der Waals surface area (Å²) in [6, 6.07) is 45.6. The number of benzene rings is 5. The first-order valence-electron chi connectivity index (χ1n) is 14.0. The number of aryl methyl sites for hydroxylation is 1. The van der Waals surface area contributed by atoms with Crippen LogP contribution in [0.25, 0.3) is 50.0 Å². The van der Waals surface area contributed by atoms with E-state index in [9.17, 15) is 0 Å². The van der Waals surface area contributed by atoms with Gasteiger partial charge in [0.25, 0.3) is 6.33 Å². The van der Waals surface area contributed by atoms with Gasteiger partial charge in [-0.05, 0) is 73.2 Å². The van der Waals surface area contributed by atoms with Gasteiger partial charge in [-0.25, -0.2) is 4.98 Å². The quantitative estimate of drug-likeness (QED) is 0.162. The molecule has 42 heavy (non-hydrogen) atoms. The van der Waals surface area contributed by atoms with E-state index in [4.69, 9.17) is 9.72 Å². The molecule has 0 atom stereocenters. The average molecular weight is 543 g/mol. The summed E-state index contributed by atoms with van der Waals surface area (Å²) in [5.41, 5.74) is 7.51. The molecular weight excluding hydrogens is 516 g/mol. The summed E-state index contributed by atoms with van der Waals surface area (Å²) in [6.45, 7) is 2.09. The lowest BCUT2D eigenvalue weighted by atomic mass is 10.1. The van der Waals surface area contributed by atoms with E-state index in [1.165, 1.54) is 5.39 Å². The monoisotopic (exact) mass is 542 g/mol. The summed E-state index contributed by atoms with van der Waals surface area (Å²) >= 11 is 0. The molecule has 0 saturated carbocycles. The Bertz CT molecular complexity index is 2240. The maximum absolute atomic E-state index is 6.49. The predicted octanol–water partition coefficient (Wildman–Crippen LogP) is 8.30. The zero-order valence-corrected chi connectivity index (χ0v) is 23.0. The van der Waals surface area contributed by atoms with Crippen molar-refractivity contribution in [1.82, 2.24) is 14.1 Å². The van der Waals surface area contributed by atoms with Crippen LogP contribution in [0.4, 0.5) is 0 Å². The van der Waals surface area contributed by atoms with Crippen LogP contribution in [0.3, 0.4) is 0 Å². The molecule has 0 N–H and O–H groups in total. The van der Waals surface area contributed by atoms with E-state index in [1.54, 1.807) is 0 Å². The maximum Gasteiger partial charge on any atom is 0.269 e. The van der Waals surface area contributed by atoms with Gasteiger partial charge in [-0.1, -0.05) is 66.7 Å². The van der Waals surface area contributed by atoms with E-state index in [-0.39, 0.29) is 0 Å². The fourth-order valence-electron chi connectivity index (χ4n) is 5.75. The summed E-state index contributed by atoms with van der Waals surface area (Å²) in [5.74, 6) is 2.40. The normalized spacial score (nSPS) is 11.5. The molecule has 0 fully saturated rings. The molecule has 3 heterocycles. The van der Waals surface area contributed by atoms with Crippen LogP contribution in [0.2, 0.25) is 0 Å². The molecule has 0 radical (unpaired) electrons. The van der Waals surface area contributed by atoms with E-state index in [1.807, 2.05) is 48.7 Å². The summed E-state index contributed by atoms with van der Waals surface area (Å²) in [4.78, 5) is 4.70. The molecule has 0 amide bonds. The number of rotatable bonds is 5. The van der Waals surface area contributed by atoms with E-state index in [2.05, 4.69) is 118 Å². The van der Waals surface area contributed by atoms with Crippen molar-refractivity contribution in [3.05, 3.63) is 152 Å². The SMILES string of the molecule is Cc1ccnc(-n2c3ccccc3c3ccc(Oc4cccc(-[n+]5[c-]n(-c6ccccc6)c6ccccc65)c4)cc32)c1. The minimum Gasteiger partial charge on any atom is -0.458 e. The van der Waals surface area contributed by atoms with Crippen molar-refractivity contribution in [3.8, 4) is 28.7 Å². The van der Waals surface area contributed by atoms with Crippen LogP contribution in [0.15, 0.2) is 140 Å². The lowest BCUT2D eigenvalue weighted by molar-refractivity contribution is -0.572. The number of ether oxygens (including phenoxy) is 1. The van der Waals surface area contributed by atoms with Crippen molar-refractivity contribution in [2.45, 2.75) is 6.92 Å². The van der Waals surface area contributed by atoms with Gasteiger partial charge in [0.2, 0.25) is 0 Å². The molecule has 5 aromatic carbocycles. The number of imidazole rings is 1. The second-order valence-electron chi connectivity index (χ2n) is 10.4. The average Bonchev–Trinajstić information content (AvgIpc) is 3.58. The van der Waals surface area contributed by atoms with Gasteiger partial charge in [0.05, 0.1) is 33.4 Å². The molecule has 8 aromatic rings. The minimum atomic E-state index is 0.751. The van der Waals surface area contributed by atoms with Crippen LogP contribution in [-0.2, 0) is 0 Å². The second kappa shape index (κ2) is 9.75. The van der Waals surface area contributed by atoms with Gasteiger partial charge in [-0.15, -0.1) is 0 Å². The van der Waals surface area contributed by atoms with Gasteiger partial charge < -0.3 is 4.74 Å². The smallest absolute Gasteiger partial charge is 0.269 e. The number of aromatic nitrogens is 4. The zero-order valence-electron chi connectivity index (χ0n) is 23.0. The highest BCUT2D eigenvalue weighted by atomic mass is 16.5. The Labute approximate surface area is 243 Å². The highest BCUT2D eigenvalue weighted by Gasteiger charge is 2.15. The van der Waals surface area contributed by atoms with Gasteiger partial charge >= 0.3 is 0 Å². The predicted molar refractivity (Wildman–Crippen MR) is 167 cm³/mol. The Hall–Kier alpha value is -5.68. The Morgan fingerprint density at radius 3 is 2.29 bits per heavy atom. The van der Waals surface area contributed by atoms with Gasteiger partial charge in [-0.3, -0.25) is 13.7 Å². The fraction of sp³-hybridized carbons (Fsp3) is 0.0270. The molecule has 0 saturated heterocycles. The molecule has 0 aliphatic rings. The highest BCUT2D eigenvalue weighted by Crippen LogP contribution is 2.35. The summed E-state index contributed by atoms with van der Waals surface area (Å²) in [5, 5.41) is 2.35. The Kier molecular flexibility index (Phi) is 5.61. The lowest BCUT2D eigenvalue weighted by Crippen LogP contribution is -2.29. The van der Waals surface area contributed by atoms with Crippen LogP contribution in [0.1, 0.15) is 5.56 Å². The number of hydrogen-bond donors (Lipinski definition) is 0. The van der Waals surface area contributed by atoms with E-state index in [0.717, 1.165) is 61.7 Å². The van der Waals surface area contributed by atoms with E-state index >= 15 is 0 Å². The molecule has 5 nitrogen and oxygen atoms in total. The molecule has 200 valence electrons. The first kappa shape index (κ1) is 24.1. The maximum atomic E-state index is 6.49. The molecule has 0 aliphatic carbocycles. The number of pyridine rings is 1. The van der Waals surface area contributed by atoms with Crippen LogP contribution in [0, 0.1) is 13.3 Å². The van der Waals surface area contributed by atoms with Crippen LogP contribution < -0.4 is 9.30 Å². The first-order valence-corrected chi connectivity index (χ1v) is 14.0. The first-order chi connectivity index (χ1) is 20.7. The Morgan fingerprint density at radius 2 is 1.40 bits per heavy atom. The van der Waals surface area contributed by atoms with Crippen molar-refractivity contribution in [2.24, 2.45) is 0 Å². The second-order valence-corrected chi connectivity index (χ2v) is 10.4. The van der Waals surface area contributed by atoms with E-state index in [0.29, 0.717) is 0 Å². The summed E-state index contributed by atoms with van der Waals surface area (Å²) in [6.07, 6.45) is 5.41. The van der Waals surface area contributed by atoms with Crippen LogP contribution in [-0.4, -0.2) is 14.1 Å². The third-order valence-electron chi connectivity index (χ3n) is 7.66. The van der Waals surface area contributed by atoms with Gasteiger partial charge in [0.15, 0.2) is 0 Å². The minimum absolute atomic E-state index is 0.751. The molecule has 0 unspecified atom stereocenters. The van der Waals surface area contributed by atoms with Crippen LogP contribution in [0.5, 0.6) is 11.5 Å². The third-order valence-corrected chi connectivity index (χ3v) is 7.66. The Morgan fingerprint density at radius 1 is 0.643 bits per heavy atom. The third kappa shape index (κ3) is 4.02. The topological polar surface area (TPSA) is 35.9 Å². The van der Waals surface area contributed by atoms with Crippen LogP contribution >= 0.6 is 0 Å². The lowest BCUT2D eigenvalue weighted by Gasteiger charge is -2.11. The number of para-hydroxylation sites is 4. The highest BCUT2D eigenvalue weighted by molar-refractivity contribution is 6.09. The largest absolute Gasteiger partial charge is 0.458 e. The molecule has 5 heteroatoms. The summed E-state index contributed by atoms with van der Waals surface area (Å²) < 4.78 is 12.9. The molecule has 0 spiro atoms. The molecular formula is C37H26N4O. The zero-order chi connectivity index (χ0) is 28.0. The van der Waals surface area contributed by atoms with Crippen molar-refractivity contribution in [1.29, 1.82) is 0 Å². The molecule has 3 aromatic heterocycles. The number of fused-ring (bicyclic) bond motifs is 4. The van der Waals surface area contributed by atoms with Crippen molar-refractivity contribution in [2.75, 3.05) is 0 Å².